The summed E-state index contributed by atoms with van der Waals surface area (Å²) in [5.41, 5.74) is 1.24. The van der Waals surface area contributed by atoms with E-state index in [4.69, 9.17) is 4.74 Å². The Bertz CT molecular complexity index is 335. The van der Waals surface area contributed by atoms with Gasteiger partial charge in [0.2, 0.25) is 0 Å². The number of phenols is 1. The van der Waals surface area contributed by atoms with Crippen LogP contribution in [0.1, 0.15) is 5.56 Å². The molecule has 0 unspecified atom stereocenters. The van der Waals surface area contributed by atoms with Crippen molar-refractivity contribution in [2.75, 3.05) is 5.32 Å². The van der Waals surface area contributed by atoms with Crippen LogP contribution in [-0.2, 0) is 11.3 Å². The lowest BCUT2D eigenvalue weighted by Gasteiger charge is -2.17. The molecule has 0 radical (unpaired) electrons. The molecule has 1 heterocycles. The van der Waals surface area contributed by atoms with Gasteiger partial charge in [-0.3, -0.25) is 5.32 Å². The van der Waals surface area contributed by atoms with Crippen LogP contribution in [0.3, 0.4) is 0 Å². The summed E-state index contributed by atoms with van der Waals surface area (Å²) in [5, 5.41) is 11.7. The number of rotatable bonds is 0. The van der Waals surface area contributed by atoms with Crippen molar-refractivity contribution in [2.45, 2.75) is 6.61 Å². The summed E-state index contributed by atoms with van der Waals surface area (Å²) in [6.45, 7) is 0.218. The van der Waals surface area contributed by atoms with Crippen molar-refractivity contribution in [3.8, 4) is 5.75 Å². The third-order valence-electron chi connectivity index (χ3n) is 1.71. The Labute approximate surface area is 68.8 Å². The topological polar surface area (TPSA) is 58.6 Å². The molecule has 2 N–H and O–H groups in total. The van der Waals surface area contributed by atoms with E-state index < -0.39 is 6.09 Å². The van der Waals surface area contributed by atoms with Crippen LogP contribution in [0.5, 0.6) is 5.75 Å². The van der Waals surface area contributed by atoms with E-state index >= 15 is 0 Å². The van der Waals surface area contributed by atoms with Crippen LogP contribution in [0.25, 0.3) is 0 Å². The number of amides is 1. The van der Waals surface area contributed by atoms with Gasteiger partial charge in [0.25, 0.3) is 0 Å². The number of cyclic esters (lactones) is 1. The van der Waals surface area contributed by atoms with Crippen LogP contribution in [-0.4, -0.2) is 11.2 Å². The summed E-state index contributed by atoms with van der Waals surface area (Å²) < 4.78 is 4.70. The fraction of sp³-hybridized carbons (Fsp3) is 0.125. The Balaban J connectivity index is 2.50. The zero-order valence-corrected chi connectivity index (χ0v) is 6.20. The Morgan fingerprint density at radius 1 is 1.50 bits per heavy atom. The van der Waals surface area contributed by atoms with E-state index in [1.807, 2.05) is 0 Å². The van der Waals surface area contributed by atoms with Crippen molar-refractivity contribution in [3.63, 3.8) is 0 Å². The van der Waals surface area contributed by atoms with Crippen molar-refractivity contribution in [1.29, 1.82) is 0 Å². The lowest BCUT2D eigenvalue weighted by atomic mass is 10.1. The highest BCUT2D eigenvalue weighted by Gasteiger charge is 2.17. The van der Waals surface area contributed by atoms with Crippen LogP contribution < -0.4 is 5.32 Å². The Morgan fingerprint density at radius 2 is 2.33 bits per heavy atom. The minimum atomic E-state index is -0.524. The molecule has 0 aliphatic carbocycles. The number of nitrogens with one attached hydrogen (secondary N) is 1. The fourth-order valence-corrected chi connectivity index (χ4v) is 1.13. The molecule has 1 aromatic carbocycles. The van der Waals surface area contributed by atoms with Crippen molar-refractivity contribution >= 4 is 11.8 Å². The molecule has 1 aromatic rings. The van der Waals surface area contributed by atoms with E-state index in [1.54, 1.807) is 12.1 Å². The standard InChI is InChI=1S/C8H7NO3/c10-6-3-1-2-5-4-12-8(11)9-7(5)6/h1-3,10H,4H2,(H,9,11). The van der Waals surface area contributed by atoms with Gasteiger partial charge in [-0.05, 0) is 6.07 Å². The summed E-state index contributed by atoms with van der Waals surface area (Å²) in [4.78, 5) is 10.7. The zero-order valence-electron chi connectivity index (χ0n) is 6.20. The number of hydrogen-bond acceptors (Lipinski definition) is 3. The molecule has 0 spiro atoms. The van der Waals surface area contributed by atoms with Gasteiger partial charge < -0.3 is 9.84 Å². The number of benzene rings is 1. The molecule has 0 atom stereocenters. The number of anilines is 1. The van der Waals surface area contributed by atoms with E-state index in [2.05, 4.69) is 5.32 Å². The van der Waals surface area contributed by atoms with Crippen molar-refractivity contribution in [1.82, 2.24) is 0 Å². The first-order chi connectivity index (χ1) is 5.77. The normalized spacial score (nSPS) is 14.5. The van der Waals surface area contributed by atoms with Crippen LogP contribution in [0.4, 0.5) is 10.5 Å². The highest BCUT2D eigenvalue weighted by Crippen LogP contribution is 2.30. The summed E-state index contributed by atoms with van der Waals surface area (Å²) in [6.07, 6.45) is -0.524. The molecule has 1 amide bonds. The molecular formula is C8H7NO3. The van der Waals surface area contributed by atoms with Crippen LogP contribution in [0, 0.1) is 0 Å². The molecule has 0 saturated heterocycles. The largest absolute Gasteiger partial charge is 0.506 e. The first kappa shape index (κ1) is 6.97. The van der Waals surface area contributed by atoms with E-state index in [0.717, 1.165) is 5.56 Å². The third kappa shape index (κ3) is 0.972. The molecule has 1 aliphatic rings. The van der Waals surface area contributed by atoms with Crippen LogP contribution >= 0.6 is 0 Å². The number of carbonyl (C=O) groups excluding carboxylic acids is 1. The molecule has 0 fully saturated rings. The minimum Gasteiger partial charge on any atom is -0.506 e. The van der Waals surface area contributed by atoms with E-state index in [1.165, 1.54) is 6.07 Å². The second-order valence-electron chi connectivity index (χ2n) is 2.51. The Hall–Kier alpha value is -1.71. The summed E-state index contributed by atoms with van der Waals surface area (Å²) in [6, 6.07) is 5.01. The quantitative estimate of drug-likeness (QED) is 0.572. The first-order valence-corrected chi connectivity index (χ1v) is 3.52. The number of para-hydroxylation sites is 1. The van der Waals surface area contributed by atoms with Gasteiger partial charge in [0, 0.05) is 5.56 Å². The molecule has 2 rings (SSSR count). The predicted molar refractivity (Wildman–Crippen MR) is 41.9 cm³/mol. The molecule has 0 aromatic heterocycles. The Morgan fingerprint density at radius 3 is 3.17 bits per heavy atom. The van der Waals surface area contributed by atoms with Gasteiger partial charge >= 0.3 is 6.09 Å². The Kier molecular flexibility index (Phi) is 1.40. The minimum absolute atomic E-state index is 0.0733. The molecular weight excluding hydrogens is 158 g/mol. The summed E-state index contributed by atoms with van der Waals surface area (Å²) in [5.74, 6) is 0.0733. The average Bonchev–Trinajstić information content (AvgIpc) is 2.07. The lowest BCUT2D eigenvalue weighted by Crippen LogP contribution is -2.20. The fourth-order valence-electron chi connectivity index (χ4n) is 1.13. The van der Waals surface area contributed by atoms with Gasteiger partial charge in [0.1, 0.15) is 12.4 Å². The average molecular weight is 165 g/mol. The lowest BCUT2D eigenvalue weighted by molar-refractivity contribution is 0.151. The van der Waals surface area contributed by atoms with Crippen molar-refractivity contribution in [3.05, 3.63) is 23.8 Å². The number of ether oxygens (including phenoxy) is 1. The summed E-state index contributed by atoms with van der Waals surface area (Å²) >= 11 is 0. The van der Waals surface area contributed by atoms with Crippen LogP contribution in [0.2, 0.25) is 0 Å². The van der Waals surface area contributed by atoms with E-state index in [9.17, 15) is 9.90 Å². The summed E-state index contributed by atoms with van der Waals surface area (Å²) in [7, 11) is 0. The van der Waals surface area contributed by atoms with Gasteiger partial charge in [0.15, 0.2) is 0 Å². The monoisotopic (exact) mass is 165 g/mol. The van der Waals surface area contributed by atoms with E-state index in [-0.39, 0.29) is 12.4 Å². The van der Waals surface area contributed by atoms with E-state index in [0.29, 0.717) is 5.69 Å². The predicted octanol–water partition coefficient (Wildman–Crippen LogP) is 1.45. The second kappa shape index (κ2) is 2.41. The maximum Gasteiger partial charge on any atom is 0.412 e. The van der Waals surface area contributed by atoms with Crippen molar-refractivity contribution < 1.29 is 14.6 Å². The molecule has 1 aliphatic heterocycles. The maximum absolute atomic E-state index is 10.7. The molecule has 62 valence electrons. The smallest absolute Gasteiger partial charge is 0.412 e. The molecule has 0 bridgehead atoms. The highest BCUT2D eigenvalue weighted by atomic mass is 16.5. The number of aromatic hydroxyl groups is 1. The van der Waals surface area contributed by atoms with Crippen molar-refractivity contribution in [2.24, 2.45) is 0 Å². The number of fused-ring (bicyclic) bond motifs is 1. The number of carbonyl (C=O) groups is 1. The maximum atomic E-state index is 10.7. The van der Waals surface area contributed by atoms with Gasteiger partial charge in [-0.2, -0.15) is 0 Å². The van der Waals surface area contributed by atoms with Gasteiger partial charge in [-0.15, -0.1) is 0 Å². The molecule has 4 heteroatoms. The second-order valence-corrected chi connectivity index (χ2v) is 2.51. The SMILES string of the molecule is O=C1Nc2c(O)cccc2CO1. The van der Waals surface area contributed by atoms with Gasteiger partial charge in [0.05, 0.1) is 5.69 Å². The zero-order chi connectivity index (χ0) is 8.55. The third-order valence-corrected chi connectivity index (χ3v) is 1.71. The number of hydrogen-bond donors (Lipinski definition) is 2. The van der Waals surface area contributed by atoms with Crippen LogP contribution in [0.15, 0.2) is 18.2 Å². The molecule has 4 nitrogen and oxygen atoms in total. The highest BCUT2D eigenvalue weighted by molar-refractivity contribution is 5.89. The molecule has 12 heavy (non-hydrogen) atoms. The van der Waals surface area contributed by atoms with Gasteiger partial charge in [-0.1, -0.05) is 12.1 Å². The first-order valence-electron chi connectivity index (χ1n) is 3.52. The number of phenolic OH excluding ortho intramolecular Hbond substituents is 1. The molecule has 0 saturated carbocycles. The van der Waals surface area contributed by atoms with Gasteiger partial charge in [-0.25, -0.2) is 4.79 Å².